The smallest absolute Gasteiger partial charge is 0.0357 e. The zero-order valence-corrected chi connectivity index (χ0v) is 11.0. The summed E-state index contributed by atoms with van der Waals surface area (Å²) in [5.41, 5.74) is 0. The van der Waals surface area contributed by atoms with Crippen LogP contribution < -0.4 is 0 Å². The number of hydrogen-bond donors (Lipinski definition) is 0. The fourth-order valence-electron chi connectivity index (χ4n) is 4.56. The molecule has 0 nitrogen and oxygen atoms in total. The summed E-state index contributed by atoms with van der Waals surface area (Å²) >= 11 is 0. The van der Waals surface area contributed by atoms with E-state index in [4.69, 9.17) is 0 Å². The van der Waals surface area contributed by atoms with Crippen molar-refractivity contribution in [2.75, 3.05) is 0 Å². The van der Waals surface area contributed by atoms with Crippen LogP contribution in [0, 0.1) is 35.5 Å². The SMILES string of the molecule is CCCCC1C2CC(C)C(C2)C(C)C1C. The van der Waals surface area contributed by atoms with Gasteiger partial charge in [0.2, 0.25) is 0 Å². The molecule has 0 saturated heterocycles. The van der Waals surface area contributed by atoms with E-state index in [-0.39, 0.29) is 0 Å². The molecule has 2 aliphatic rings. The van der Waals surface area contributed by atoms with Gasteiger partial charge in [0, 0.05) is 0 Å². The molecule has 6 unspecified atom stereocenters. The number of hydrogen-bond acceptors (Lipinski definition) is 0. The Kier molecular flexibility index (Phi) is 3.42. The zero-order chi connectivity index (χ0) is 11.0. The molecule has 0 aromatic rings. The van der Waals surface area contributed by atoms with Crippen molar-refractivity contribution in [1.29, 1.82) is 0 Å². The van der Waals surface area contributed by atoms with E-state index in [1.165, 1.54) is 25.7 Å². The maximum atomic E-state index is 2.53. The molecule has 0 amide bonds. The molecule has 2 bridgehead atoms. The standard InChI is InChI=1S/C15H28/c1-5-6-7-14-11(3)12(4)15-9-13(14)8-10(15)2/h10-15H,5-9H2,1-4H3. The van der Waals surface area contributed by atoms with Gasteiger partial charge in [-0.2, -0.15) is 0 Å². The van der Waals surface area contributed by atoms with Gasteiger partial charge < -0.3 is 0 Å². The highest BCUT2D eigenvalue weighted by Gasteiger charge is 2.46. The maximum Gasteiger partial charge on any atom is -0.0357 e. The first-order chi connectivity index (χ1) is 7.15. The minimum absolute atomic E-state index is 0.987. The van der Waals surface area contributed by atoms with Crippen molar-refractivity contribution < 1.29 is 0 Å². The molecule has 0 heterocycles. The number of fused-ring (bicyclic) bond motifs is 2. The molecule has 0 aromatic carbocycles. The van der Waals surface area contributed by atoms with Crippen molar-refractivity contribution in [1.82, 2.24) is 0 Å². The van der Waals surface area contributed by atoms with Crippen molar-refractivity contribution in [3.8, 4) is 0 Å². The van der Waals surface area contributed by atoms with Crippen LogP contribution in [0.5, 0.6) is 0 Å². The Balaban J connectivity index is 2.05. The van der Waals surface area contributed by atoms with Gasteiger partial charge in [-0.15, -0.1) is 0 Å². The molecule has 0 heteroatoms. The molecule has 2 fully saturated rings. The maximum absolute atomic E-state index is 2.53. The summed E-state index contributed by atoms with van der Waals surface area (Å²) in [4.78, 5) is 0. The monoisotopic (exact) mass is 208 g/mol. The van der Waals surface area contributed by atoms with Crippen molar-refractivity contribution in [2.45, 2.75) is 59.8 Å². The highest BCUT2D eigenvalue weighted by Crippen LogP contribution is 2.54. The van der Waals surface area contributed by atoms with Gasteiger partial charge >= 0.3 is 0 Å². The molecule has 2 aliphatic carbocycles. The van der Waals surface area contributed by atoms with Crippen LogP contribution in [0.3, 0.4) is 0 Å². The largest absolute Gasteiger partial charge is 0.0654 e. The second kappa shape index (κ2) is 4.47. The van der Waals surface area contributed by atoms with E-state index >= 15 is 0 Å². The third kappa shape index (κ3) is 1.97. The first-order valence-corrected chi connectivity index (χ1v) is 7.15. The van der Waals surface area contributed by atoms with E-state index in [2.05, 4.69) is 27.7 Å². The zero-order valence-electron chi connectivity index (χ0n) is 11.0. The summed E-state index contributed by atoms with van der Waals surface area (Å²) in [7, 11) is 0. The van der Waals surface area contributed by atoms with Crippen molar-refractivity contribution >= 4 is 0 Å². The van der Waals surface area contributed by atoms with Gasteiger partial charge in [-0.1, -0.05) is 40.5 Å². The Bertz CT molecular complexity index is 206. The van der Waals surface area contributed by atoms with Crippen LogP contribution in [0.4, 0.5) is 0 Å². The Labute approximate surface area is 95.8 Å². The molecule has 0 radical (unpaired) electrons. The highest BCUT2D eigenvalue weighted by molar-refractivity contribution is 4.96. The lowest BCUT2D eigenvalue weighted by Gasteiger charge is -2.40. The normalized spacial score (nSPS) is 49.6. The van der Waals surface area contributed by atoms with Gasteiger partial charge in [0.1, 0.15) is 0 Å². The van der Waals surface area contributed by atoms with Crippen LogP contribution in [-0.2, 0) is 0 Å². The van der Waals surface area contributed by atoms with Gasteiger partial charge in [-0.05, 0) is 54.8 Å². The van der Waals surface area contributed by atoms with Crippen LogP contribution in [0.25, 0.3) is 0 Å². The van der Waals surface area contributed by atoms with E-state index in [0.29, 0.717) is 0 Å². The first kappa shape index (κ1) is 11.5. The van der Waals surface area contributed by atoms with Gasteiger partial charge in [-0.25, -0.2) is 0 Å². The summed E-state index contributed by atoms with van der Waals surface area (Å²) in [6.45, 7) is 9.88. The molecule has 0 aromatic heterocycles. The summed E-state index contributed by atoms with van der Waals surface area (Å²) in [5.74, 6) is 6.19. The second-order valence-corrected chi connectivity index (χ2v) is 6.40. The lowest BCUT2D eigenvalue weighted by molar-refractivity contribution is 0.0894. The van der Waals surface area contributed by atoms with Gasteiger partial charge in [-0.3, -0.25) is 0 Å². The first-order valence-electron chi connectivity index (χ1n) is 7.15. The molecule has 0 spiro atoms. The van der Waals surface area contributed by atoms with E-state index in [9.17, 15) is 0 Å². The Morgan fingerprint density at radius 3 is 2.40 bits per heavy atom. The minimum Gasteiger partial charge on any atom is -0.0654 e. The molecule has 2 saturated carbocycles. The molecular formula is C15H28. The fraction of sp³-hybridized carbons (Fsp3) is 1.00. The van der Waals surface area contributed by atoms with Crippen LogP contribution in [-0.4, -0.2) is 0 Å². The summed E-state index contributed by atoms with van der Waals surface area (Å²) in [5, 5.41) is 0. The Hall–Kier alpha value is 0. The van der Waals surface area contributed by atoms with Crippen molar-refractivity contribution in [3.05, 3.63) is 0 Å². The fourth-order valence-corrected chi connectivity index (χ4v) is 4.56. The summed E-state index contributed by atoms with van der Waals surface area (Å²) in [6, 6.07) is 0. The third-order valence-corrected chi connectivity index (χ3v) is 5.66. The lowest BCUT2D eigenvalue weighted by atomic mass is 9.65. The predicted molar refractivity (Wildman–Crippen MR) is 66.7 cm³/mol. The summed E-state index contributed by atoms with van der Waals surface area (Å²) < 4.78 is 0. The van der Waals surface area contributed by atoms with Gasteiger partial charge in [0.25, 0.3) is 0 Å². The molecular weight excluding hydrogens is 180 g/mol. The average molecular weight is 208 g/mol. The van der Waals surface area contributed by atoms with Crippen LogP contribution in [0.1, 0.15) is 59.8 Å². The number of rotatable bonds is 3. The lowest BCUT2D eigenvalue weighted by Crippen LogP contribution is -2.33. The topological polar surface area (TPSA) is 0 Å². The van der Waals surface area contributed by atoms with Crippen molar-refractivity contribution in [2.24, 2.45) is 35.5 Å². The highest BCUT2D eigenvalue weighted by atomic mass is 14.5. The van der Waals surface area contributed by atoms with E-state index in [0.717, 1.165) is 35.5 Å². The van der Waals surface area contributed by atoms with Crippen LogP contribution in [0.2, 0.25) is 0 Å². The Morgan fingerprint density at radius 2 is 1.73 bits per heavy atom. The van der Waals surface area contributed by atoms with E-state index < -0.39 is 0 Å². The molecule has 88 valence electrons. The van der Waals surface area contributed by atoms with Gasteiger partial charge in [0.15, 0.2) is 0 Å². The van der Waals surface area contributed by atoms with Crippen LogP contribution >= 0.6 is 0 Å². The van der Waals surface area contributed by atoms with Crippen molar-refractivity contribution in [3.63, 3.8) is 0 Å². The second-order valence-electron chi connectivity index (χ2n) is 6.40. The van der Waals surface area contributed by atoms with Gasteiger partial charge in [0.05, 0.1) is 0 Å². The van der Waals surface area contributed by atoms with E-state index in [1.54, 1.807) is 6.42 Å². The molecule has 6 atom stereocenters. The average Bonchev–Trinajstić information content (AvgIpc) is 2.55. The molecule has 0 N–H and O–H groups in total. The summed E-state index contributed by atoms with van der Waals surface area (Å²) in [6.07, 6.45) is 7.43. The van der Waals surface area contributed by atoms with Crippen LogP contribution in [0.15, 0.2) is 0 Å². The molecule has 15 heavy (non-hydrogen) atoms. The Morgan fingerprint density at radius 1 is 1.00 bits per heavy atom. The molecule has 0 aliphatic heterocycles. The predicted octanol–water partition coefficient (Wildman–Crippen LogP) is 4.74. The number of unbranched alkanes of at least 4 members (excludes halogenated alkanes) is 1. The van der Waals surface area contributed by atoms with E-state index in [1.807, 2.05) is 0 Å². The third-order valence-electron chi connectivity index (χ3n) is 5.66. The minimum atomic E-state index is 0.987. The quantitative estimate of drug-likeness (QED) is 0.628. The molecule has 2 rings (SSSR count).